The Labute approximate surface area is 470 Å². The molecule has 17 nitrogen and oxygen atoms in total. The largest absolute Gasteiger partial charge is 1.00 e. The van der Waals surface area contributed by atoms with Gasteiger partial charge < -0.3 is 39.0 Å². The van der Waals surface area contributed by atoms with Gasteiger partial charge in [0.15, 0.2) is 0 Å². The molecule has 5 fully saturated rings. The second-order valence-corrected chi connectivity index (χ2v) is 18.0. The minimum Gasteiger partial charge on any atom is -0.872 e. The number of hydrogen-bond donors (Lipinski definition) is 8. The van der Waals surface area contributed by atoms with E-state index < -0.39 is 30.9 Å². The molecule has 5 aliphatic rings. The van der Waals surface area contributed by atoms with E-state index in [1.165, 1.54) is 42.0 Å². The normalized spacial score (nSPS) is 23.9. The van der Waals surface area contributed by atoms with E-state index in [2.05, 4.69) is 43.4 Å². The van der Waals surface area contributed by atoms with Crippen LogP contribution in [0.3, 0.4) is 0 Å². The number of hydrogen-bond acceptors (Lipinski definition) is 17. The van der Waals surface area contributed by atoms with Crippen molar-refractivity contribution >= 4 is 5.97 Å². The van der Waals surface area contributed by atoms with Crippen LogP contribution >= 0.6 is 0 Å². The number of esters is 1. The average Bonchev–Trinajstić information content (AvgIpc) is 4.23. The van der Waals surface area contributed by atoms with E-state index in [4.69, 9.17) is 28.4 Å². The Balaban J connectivity index is 0.000000210. The molecule has 0 spiro atoms. The molecule has 5 aliphatic heterocycles. The fourth-order valence-electron chi connectivity index (χ4n) is 8.31. The van der Waals surface area contributed by atoms with Gasteiger partial charge in [-0.05, 0) is 98.2 Å². The first kappa shape index (κ1) is 58.3. The van der Waals surface area contributed by atoms with Crippen LogP contribution in [0.5, 0.6) is 11.5 Å². The molecule has 0 bridgehead atoms. The minimum atomic E-state index is -0.443. The maximum absolute atomic E-state index is 12.4. The third kappa shape index (κ3) is 15.8. The molecular weight excluding hydrogens is 951 g/mol. The van der Waals surface area contributed by atoms with Gasteiger partial charge in [-0.2, -0.15) is 0 Å². The molecule has 8 unspecified atom stereocenters. The molecule has 6 aromatic rings. The van der Waals surface area contributed by atoms with Crippen LogP contribution in [0.2, 0.25) is 0 Å². The zero-order chi connectivity index (χ0) is 48.6. The molecule has 5 saturated heterocycles. The van der Waals surface area contributed by atoms with Crippen LogP contribution in [0.15, 0.2) is 133 Å². The zero-order valence-electron chi connectivity index (χ0n) is 42.4. The smallest absolute Gasteiger partial charge is 0.872 e. The number of aryl methyl sites for hydroxylation is 4. The van der Waals surface area contributed by atoms with Gasteiger partial charge in [0.1, 0.15) is 55.6 Å². The first-order valence-corrected chi connectivity index (χ1v) is 23.6. The Morgan fingerprint density at radius 1 is 0.425 bits per heavy atom. The second-order valence-electron chi connectivity index (χ2n) is 18.0. The summed E-state index contributed by atoms with van der Waals surface area (Å²) >= 11 is 0. The average molecular weight is 1010 g/mol. The van der Waals surface area contributed by atoms with E-state index in [-0.39, 0.29) is 95.3 Å². The molecule has 11 rings (SSSR count). The Hall–Kier alpha value is -3.97. The van der Waals surface area contributed by atoms with Gasteiger partial charge in [0.05, 0.1) is 0 Å². The molecule has 6 aromatic carbocycles. The molecule has 0 amide bonds. The maximum Gasteiger partial charge on any atom is 1.00 e. The van der Waals surface area contributed by atoms with Crippen molar-refractivity contribution in [2.75, 3.05) is 13.2 Å². The van der Waals surface area contributed by atoms with Gasteiger partial charge in [-0.15, -0.1) is 5.75 Å². The summed E-state index contributed by atoms with van der Waals surface area (Å²) in [7, 11) is 0. The van der Waals surface area contributed by atoms with Gasteiger partial charge in [0.25, 0.3) is 0 Å². The minimum absolute atomic E-state index is 0. The summed E-state index contributed by atoms with van der Waals surface area (Å²) in [4.78, 5) is 11.7. The molecule has 0 radical (unpaired) electrons. The zero-order valence-corrected chi connectivity index (χ0v) is 46.4. The van der Waals surface area contributed by atoms with Crippen molar-refractivity contribution < 1.29 is 103 Å². The van der Waals surface area contributed by atoms with Crippen LogP contribution in [-0.4, -0.2) is 24.7 Å². The number of nitrogens with one attached hydrogen (secondary N) is 8. The van der Waals surface area contributed by atoms with Gasteiger partial charge in [0.2, 0.25) is 0 Å². The summed E-state index contributed by atoms with van der Waals surface area (Å²) in [5.41, 5.74) is 37.2. The molecule has 0 aliphatic carbocycles. The van der Waals surface area contributed by atoms with Gasteiger partial charge in [-0.25, -0.2) is 43.4 Å². The summed E-state index contributed by atoms with van der Waals surface area (Å²) < 4.78 is 35.0. The number of carbonyl (C=O) groups is 1. The van der Waals surface area contributed by atoms with Crippen LogP contribution in [0.1, 0.15) is 136 Å². The monoisotopic (exact) mass is 1010 g/mol. The van der Waals surface area contributed by atoms with Crippen LogP contribution in [0, 0.1) is 27.7 Å². The number of rotatable bonds is 9. The molecule has 0 saturated carbocycles. The summed E-state index contributed by atoms with van der Waals surface area (Å²) in [6.07, 6.45) is -0.414. The molecule has 8 atom stereocenters. The topological polar surface area (TPSA) is 222 Å². The Morgan fingerprint density at radius 2 is 0.671 bits per heavy atom. The van der Waals surface area contributed by atoms with Gasteiger partial charge >= 0.3 is 65.1 Å². The van der Waals surface area contributed by atoms with Crippen molar-refractivity contribution in [3.8, 4) is 11.5 Å². The van der Waals surface area contributed by atoms with Crippen molar-refractivity contribution in [2.24, 2.45) is 0 Å². The first-order chi connectivity index (χ1) is 34.0. The molecule has 9 N–H and O–H groups in total. The van der Waals surface area contributed by atoms with E-state index in [1.54, 1.807) is 24.3 Å². The SMILES string of the molecule is C1CCOC1.CC(=O)Oc1cc(C2NNC(c3ccc(C)cc3)O2)cc(C2NNC(c3ccc(C)cc3)O2)c1.Cc1ccc(C2NNC(c3cc([O-])cc(C4NNC(c5ccc(C)cc5)O4)c3)O2)cc1.[Na+].[Na+].[OH-]. The molecule has 19 heteroatoms. The summed E-state index contributed by atoms with van der Waals surface area (Å²) in [5, 5.41) is 12.4. The van der Waals surface area contributed by atoms with Crippen molar-refractivity contribution in [1.82, 2.24) is 43.4 Å². The van der Waals surface area contributed by atoms with Crippen LogP contribution in [0.25, 0.3) is 0 Å². The van der Waals surface area contributed by atoms with Gasteiger partial charge in [-0.3, -0.25) is 4.79 Å². The Morgan fingerprint density at radius 3 is 0.904 bits per heavy atom. The van der Waals surface area contributed by atoms with Gasteiger partial charge in [-0.1, -0.05) is 131 Å². The van der Waals surface area contributed by atoms with Crippen LogP contribution in [0.4, 0.5) is 0 Å². The molecule has 5 heterocycles. The fourth-order valence-corrected chi connectivity index (χ4v) is 8.31. The quantitative estimate of drug-likeness (QED) is 0.0585. The maximum atomic E-state index is 12.4. The van der Waals surface area contributed by atoms with Crippen molar-refractivity contribution in [1.29, 1.82) is 0 Å². The predicted molar refractivity (Wildman–Crippen MR) is 262 cm³/mol. The van der Waals surface area contributed by atoms with E-state index in [0.29, 0.717) is 5.75 Å². The molecule has 0 aromatic heterocycles. The van der Waals surface area contributed by atoms with E-state index in [9.17, 15) is 9.90 Å². The number of carbonyl (C=O) groups excluding carboxylic acids is 1. The Kier molecular flexibility index (Phi) is 22.1. The third-order valence-corrected chi connectivity index (χ3v) is 12.2. The molecular formula is C54H62N8Na2O9. The number of benzene rings is 6. The predicted octanol–water partition coefficient (Wildman–Crippen LogP) is 1.52. The number of ether oxygens (including phenoxy) is 6. The molecule has 73 heavy (non-hydrogen) atoms. The van der Waals surface area contributed by atoms with Crippen LogP contribution in [-0.2, 0) is 28.5 Å². The first-order valence-electron chi connectivity index (χ1n) is 23.6. The van der Waals surface area contributed by atoms with Crippen molar-refractivity contribution in [2.45, 2.75) is 97.3 Å². The van der Waals surface area contributed by atoms with Crippen molar-refractivity contribution in [3.63, 3.8) is 0 Å². The number of hydrazine groups is 4. The van der Waals surface area contributed by atoms with Gasteiger partial charge in [0, 0.05) is 31.3 Å². The summed E-state index contributed by atoms with van der Waals surface area (Å²) in [6, 6.07) is 43.3. The standard InChI is InChI=1S/C26H28N4O4.C24H26N4O3.C4H8O.2Na.H2O/c1-15-4-8-18(9-5-15)23-27-29-25(33-23)20-12-21(14-22(13-20)32-17(3)31)26-30-28-24(34-26)19-10-6-16(2)7-11-19;1-14-3-7-16(8-4-14)21-25-27-23(30-21)18-11-19(13-20(29)12-18)24-28-26-22(31-24)17-9-5-15(2)6-10-17;1-2-4-5-3-1;;;/h4-14,23-30H,1-3H3;3-13,21-29H,1-2H3;1-4H2;;;1H2/q;;;2*+1;/p-2. The van der Waals surface area contributed by atoms with E-state index in [1.807, 2.05) is 137 Å². The van der Waals surface area contributed by atoms with E-state index >= 15 is 0 Å². The van der Waals surface area contributed by atoms with Crippen LogP contribution < -0.4 is 112 Å². The second kappa shape index (κ2) is 27.7. The summed E-state index contributed by atoms with van der Waals surface area (Å²) in [6.45, 7) is 11.6. The van der Waals surface area contributed by atoms with Crippen molar-refractivity contribution in [3.05, 3.63) is 200 Å². The molecule has 374 valence electrons. The summed E-state index contributed by atoms with van der Waals surface area (Å²) in [5.74, 6) is -0.0655. The van der Waals surface area contributed by atoms with E-state index in [0.717, 1.165) is 57.7 Å². The fraction of sp³-hybridized carbons (Fsp3) is 0.315. The Bertz CT molecular complexity index is 2520. The third-order valence-electron chi connectivity index (χ3n) is 12.2.